The Hall–Kier alpha value is -2.01. The Morgan fingerprint density at radius 2 is 1.83 bits per heavy atom. The number of fused-ring (bicyclic) bond motifs is 1. The fourth-order valence-corrected chi connectivity index (χ4v) is 2.21. The van der Waals surface area contributed by atoms with E-state index in [1.165, 1.54) is 6.07 Å². The summed E-state index contributed by atoms with van der Waals surface area (Å²) in [4.78, 5) is 14.7. The number of halogens is 1. The number of phenols is 1. The Bertz CT molecular complexity index is 772. The molecule has 1 heterocycles. The van der Waals surface area contributed by atoms with Crippen LogP contribution in [0.15, 0.2) is 51.7 Å². The molecule has 0 saturated heterocycles. The first kappa shape index (κ1) is 11.1. The zero-order chi connectivity index (χ0) is 12.7. The van der Waals surface area contributed by atoms with Crippen molar-refractivity contribution in [2.45, 2.75) is 0 Å². The van der Waals surface area contributed by atoms with Crippen LogP contribution in [0.3, 0.4) is 0 Å². The minimum atomic E-state index is -0.224. The molecule has 0 atom stereocenters. The van der Waals surface area contributed by atoms with E-state index >= 15 is 0 Å². The highest BCUT2D eigenvalue weighted by Crippen LogP contribution is 2.20. The number of H-pyrrole nitrogens is 1. The molecule has 90 valence electrons. The molecule has 0 aliphatic rings. The molecule has 3 rings (SSSR count). The van der Waals surface area contributed by atoms with Gasteiger partial charge in [-0.15, -0.1) is 0 Å². The van der Waals surface area contributed by atoms with Crippen LogP contribution in [0.25, 0.3) is 16.7 Å². The molecular weight excluding hydrogens is 296 g/mol. The number of benzene rings is 2. The summed E-state index contributed by atoms with van der Waals surface area (Å²) in [6, 6.07) is 12.3. The number of nitrogens with one attached hydrogen (secondary N) is 1. The molecule has 1 aromatic heterocycles. The van der Waals surface area contributed by atoms with E-state index in [4.69, 9.17) is 0 Å². The lowest BCUT2D eigenvalue weighted by molar-refractivity contribution is 0.476. The van der Waals surface area contributed by atoms with Gasteiger partial charge in [0.2, 0.25) is 0 Å². The minimum Gasteiger partial charge on any atom is -0.508 e. The largest absolute Gasteiger partial charge is 0.508 e. The molecule has 0 bridgehead atoms. The number of nitrogens with zero attached hydrogens (tertiary/aromatic N) is 1. The molecule has 0 radical (unpaired) electrons. The number of hydrogen-bond donors (Lipinski definition) is 2. The summed E-state index contributed by atoms with van der Waals surface area (Å²) in [6.07, 6.45) is 0. The fraction of sp³-hybridized carbons (Fsp3) is 0. The zero-order valence-electron chi connectivity index (χ0n) is 9.22. The van der Waals surface area contributed by atoms with Gasteiger partial charge in [0.25, 0.3) is 0 Å². The van der Waals surface area contributed by atoms with E-state index in [-0.39, 0.29) is 11.4 Å². The van der Waals surface area contributed by atoms with Crippen LogP contribution in [-0.2, 0) is 0 Å². The van der Waals surface area contributed by atoms with E-state index in [0.717, 1.165) is 15.7 Å². The lowest BCUT2D eigenvalue weighted by Crippen LogP contribution is -2.14. The lowest BCUT2D eigenvalue weighted by Gasteiger charge is -2.03. The van der Waals surface area contributed by atoms with Crippen molar-refractivity contribution in [2.24, 2.45) is 0 Å². The predicted molar refractivity (Wildman–Crippen MR) is 73.3 cm³/mol. The van der Waals surface area contributed by atoms with Gasteiger partial charge in [-0.2, -0.15) is 0 Å². The molecule has 0 amide bonds. The Morgan fingerprint density at radius 1 is 1.11 bits per heavy atom. The van der Waals surface area contributed by atoms with E-state index in [9.17, 15) is 9.90 Å². The van der Waals surface area contributed by atoms with E-state index in [2.05, 4.69) is 20.9 Å². The molecule has 0 saturated carbocycles. The van der Waals surface area contributed by atoms with E-state index in [0.29, 0.717) is 5.52 Å². The third-order valence-corrected chi connectivity index (χ3v) is 3.28. The summed E-state index contributed by atoms with van der Waals surface area (Å²) in [5.41, 5.74) is 1.90. The van der Waals surface area contributed by atoms with Gasteiger partial charge >= 0.3 is 5.69 Å². The van der Waals surface area contributed by atoms with Crippen molar-refractivity contribution in [3.63, 3.8) is 0 Å². The van der Waals surface area contributed by atoms with Gasteiger partial charge in [0.15, 0.2) is 0 Å². The second-order valence-electron chi connectivity index (χ2n) is 3.94. The number of aromatic hydroxyl groups is 1. The molecule has 4 nitrogen and oxygen atoms in total. The summed E-state index contributed by atoms with van der Waals surface area (Å²) in [7, 11) is 0. The molecule has 2 N–H and O–H groups in total. The van der Waals surface area contributed by atoms with E-state index in [1.54, 1.807) is 16.7 Å². The molecule has 0 aliphatic heterocycles. The molecular formula is C13H9BrN2O2. The average Bonchev–Trinajstić information content (AvgIpc) is 2.65. The number of phenolic OH excluding ortho intramolecular Hbond substituents is 1. The quantitative estimate of drug-likeness (QED) is 0.726. The second kappa shape index (κ2) is 4.03. The van der Waals surface area contributed by atoms with Gasteiger partial charge in [0.1, 0.15) is 5.75 Å². The molecule has 0 spiro atoms. The molecule has 0 aliphatic carbocycles. The molecule has 0 fully saturated rings. The fourth-order valence-electron chi connectivity index (χ4n) is 1.95. The van der Waals surface area contributed by atoms with Crippen LogP contribution in [0, 0.1) is 0 Å². The van der Waals surface area contributed by atoms with Crippen LogP contribution in [-0.4, -0.2) is 14.7 Å². The van der Waals surface area contributed by atoms with Crippen LogP contribution < -0.4 is 5.69 Å². The van der Waals surface area contributed by atoms with E-state index in [1.807, 2.05) is 24.3 Å². The number of rotatable bonds is 1. The summed E-state index contributed by atoms with van der Waals surface area (Å²) in [5, 5.41) is 9.40. The second-order valence-corrected chi connectivity index (χ2v) is 4.86. The van der Waals surface area contributed by atoms with Crippen LogP contribution in [0.2, 0.25) is 0 Å². The normalized spacial score (nSPS) is 10.9. The highest BCUT2D eigenvalue weighted by atomic mass is 79.9. The van der Waals surface area contributed by atoms with Gasteiger partial charge < -0.3 is 10.1 Å². The Balaban J connectivity index is 2.32. The minimum absolute atomic E-state index is 0.131. The first-order chi connectivity index (χ1) is 8.65. The number of aromatic nitrogens is 2. The van der Waals surface area contributed by atoms with E-state index < -0.39 is 0 Å². The van der Waals surface area contributed by atoms with Gasteiger partial charge in [0.05, 0.1) is 16.7 Å². The maximum atomic E-state index is 11.9. The zero-order valence-corrected chi connectivity index (χ0v) is 10.8. The maximum Gasteiger partial charge on any atom is 0.331 e. The van der Waals surface area contributed by atoms with Crippen molar-refractivity contribution in [2.75, 3.05) is 0 Å². The lowest BCUT2D eigenvalue weighted by atomic mass is 10.2. The van der Waals surface area contributed by atoms with Crippen molar-refractivity contribution >= 4 is 27.0 Å². The van der Waals surface area contributed by atoms with Gasteiger partial charge in [0, 0.05) is 10.5 Å². The van der Waals surface area contributed by atoms with Crippen molar-refractivity contribution in [3.05, 3.63) is 57.4 Å². The highest BCUT2D eigenvalue weighted by molar-refractivity contribution is 9.10. The maximum absolute atomic E-state index is 11.9. The van der Waals surface area contributed by atoms with Gasteiger partial charge in [-0.05, 0) is 36.4 Å². The Labute approximate surface area is 111 Å². The standard InChI is InChI=1S/C13H9BrN2O2/c14-8-1-3-9(4-2-8)16-12-6-5-10(17)7-11(12)15-13(16)18/h1-7,17H,(H,15,18). The summed E-state index contributed by atoms with van der Waals surface area (Å²) < 4.78 is 2.53. The SMILES string of the molecule is O=c1[nH]c2cc(O)ccc2n1-c1ccc(Br)cc1. The molecule has 5 heteroatoms. The third kappa shape index (κ3) is 1.73. The summed E-state index contributed by atoms with van der Waals surface area (Å²) in [6.45, 7) is 0. The smallest absolute Gasteiger partial charge is 0.331 e. The van der Waals surface area contributed by atoms with Crippen LogP contribution in [0.1, 0.15) is 0 Å². The molecule has 3 aromatic rings. The third-order valence-electron chi connectivity index (χ3n) is 2.75. The van der Waals surface area contributed by atoms with Gasteiger partial charge in [-0.1, -0.05) is 15.9 Å². The highest BCUT2D eigenvalue weighted by Gasteiger charge is 2.08. The van der Waals surface area contributed by atoms with Crippen molar-refractivity contribution in [1.82, 2.24) is 9.55 Å². The van der Waals surface area contributed by atoms with Crippen molar-refractivity contribution in [3.8, 4) is 11.4 Å². The topological polar surface area (TPSA) is 58.0 Å². The first-order valence-corrected chi connectivity index (χ1v) is 6.14. The van der Waals surface area contributed by atoms with Crippen LogP contribution in [0.4, 0.5) is 0 Å². The summed E-state index contributed by atoms with van der Waals surface area (Å²) >= 11 is 3.36. The monoisotopic (exact) mass is 304 g/mol. The molecule has 2 aromatic carbocycles. The average molecular weight is 305 g/mol. The summed E-state index contributed by atoms with van der Waals surface area (Å²) in [5.74, 6) is 0.131. The first-order valence-electron chi connectivity index (χ1n) is 5.35. The Kier molecular flexibility index (Phi) is 2.48. The predicted octanol–water partition coefficient (Wildman–Crippen LogP) is 2.79. The van der Waals surface area contributed by atoms with Crippen molar-refractivity contribution < 1.29 is 5.11 Å². The van der Waals surface area contributed by atoms with Crippen molar-refractivity contribution in [1.29, 1.82) is 0 Å². The number of aromatic amines is 1. The molecule has 0 unspecified atom stereocenters. The number of imidazole rings is 1. The van der Waals surface area contributed by atoms with Crippen LogP contribution in [0.5, 0.6) is 5.75 Å². The van der Waals surface area contributed by atoms with Gasteiger partial charge in [-0.3, -0.25) is 4.57 Å². The molecule has 18 heavy (non-hydrogen) atoms. The van der Waals surface area contributed by atoms with Crippen LogP contribution >= 0.6 is 15.9 Å². The van der Waals surface area contributed by atoms with Gasteiger partial charge in [-0.25, -0.2) is 4.79 Å². The Morgan fingerprint density at radius 3 is 2.56 bits per heavy atom. The number of hydrogen-bond acceptors (Lipinski definition) is 2.